The number of rotatable bonds is 4. The number of hydrogen-bond acceptors (Lipinski definition) is 4. The number of fused-ring (bicyclic) bond motifs is 1. The zero-order chi connectivity index (χ0) is 17.2. The molecule has 2 aromatic carbocycles. The fourth-order valence-corrected chi connectivity index (χ4v) is 3.46. The second kappa shape index (κ2) is 6.73. The second-order valence-corrected chi connectivity index (χ2v) is 6.65. The van der Waals surface area contributed by atoms with Crippen molar-refractivity contribution in [2.24, 2.45) is 0 Å². The molecule has 1 aromatic heterocycles. The van der Waals surface area contributed by atoms with Crippen LogP contribution in [-0.4, -0.2) is 16.0 Å². The lowest BCUT2D eigenvalue weighted by molar-refractivity contribution is 0.740. The number of nitrogens with one attached hydrogen (secondary N) is 1. The van der Waals surface area contributed by atoms with E-state index in [9.17, 15) is 0 Å². The van der Waals surface area contributed by atoms with Gasteiger partial charge in [-0.2, -0.15) is 4.98 Å². The number of benzene rings is 2. The van der Waals surface area contributed by atoms with Gasteiger partial charge in [0.2, 0.25) is 5.95 Å². The molecule has 1 aliphatic rings. The summed E-state index contributed by atoms with van der Waals surface area (Å²) < 4.78 is 0. The molecule has 0 saturated heterocycles. The van der Waals surface area contributed by atoms with Crippen molar-refractivity contribution < 1.29 is 0 Å². The molecule has 1 unspecified atom stereocenters. The van der Waals surface area contributed by atoms with Crippen LogP contribution < -0.4 is 10.2 Å². The first-order chi connectivity index (χ1) is 12.2. The molecule has 0 aliphatic carbocycles. The average molecular weight is 351 g/mol. The van der Waals surface area contributed by atoms with Crippen molar-refractivity contribution in [3.05, 3.63) is 76.9 Å². The minimum atomic E-state index is 0.344. The van der Waals surface area contributed by atoms with E-state index < -0.39 is 0 Å². The molecule has 1 atom stereocenters. The predicted octanol–water partition coefficient (Wildman–Crippen LogP) is 4.82. The van der Waals surface area contributed by atoms with Crippen LogP contribution >= 0.6 is 11.6 Å². The zero-order valence-electron chi connectivity index (χ0n) is 14.0. The molecule has 4 rings (SSSR count). The van der Waals surface area contributed by atoms with Crippen molar-refractivity contribution in [2.75, 3.05) is 10.2 Å². The molecule has 0 fully saturated rings. The quantitative estimate of drug-likeness (QED) is 0.732. The number of aromatic nitrogens is 2. The summed E-state index contributed by atoms with van der Waals surface area (Å²) in [6.07, 6.45) is 2.81. The van der Waals surface area contributed by atoms with E-state index in [-0.39, 0.29) is 0 Å². The Morgan fingerprint density at radius 1 is 1.12 bits per heavy atom. The van der Waals surface area contributed by atoms with Crippen molar-refractivity contribution in [3.8, 4) is 0 Å². The summed E-state index contributed by atoms with van der Waals surface area (Å²) in [5, 5.41) is 4.10. The van der Waals surface area contributed by atoms with Crippen LogP contribution in [0.2, 0.25) is 5.02 Å². The Morgan fingerprint density at radius 2 is 1.92 bits per heavy atom. The summed E-state index contributed by atoms with van der Waals surface area (Å²) in [6, 6.07) is 18.5. The number of anilines is 3. The molecule has 0 spiro atoms. The van der Waals surface area contributed by atoms with E-state index in [1.165, 1.54) is 11.3 Å². The maximum Gasteiger partial charge on any atom is 0.232 e. The van der Waals surface area contributed by atoms with Gasteiger partial charge in [0.15, 0.2) is 0 Å². The van der Waals surface area contributed by atoms with Crippen LogP contribution in [0.15, 0.2) is 60.8 Å². The monoisotopic (exact) mass is 350 g/mol. The van der Waals surface area contributed by atoms with E-state index in [1.807, 2.05) is 30.3 Å². The first kappa shape index (κ1) is 15.9. The van der Waals surface area contributed by atoms with Gasteiger partial charge in [-0.3, -0.25) is 0 Å². The lowest BCUT2D eigenvalue weighted by Crippen LogP contribution is -2.26. The van der Waals surface area contributed by atoms with Crippen molar-refractivity contribution in [1.29, 1.82) is 0 Å². The van der Waals surface area contributed by atoms with Gasteiger partial charge in [-0.1, -0.05) is 48.0 Å². The van der Waals surface area contributed by atoms with Gasteiger partial charge in [0.05, 0.1) is 0 Å². The van der Waals surface area contributed by atoms with Crippen LogP contribution in [0.4, 0.5) is 17.5 Å². The van der Waals surface area contributed by atoms with Gasteiger partial charge in [0.1, 0.15) is 5.82 Å². The molecular formula is C20H19ClN4. The van der Waals surface area contributed by atoms with Gasteiger partial charge in [0, 0.05) is 29.5 Å². The van der Waals surface area contributed by atoms with E-state index >= 15 is 0 Å². The van der Waals surface area contributed by atoms with E-state index in [1.54, 1.807) is 6.20 Å². The van der Waals surface area contributed by atoms with Crippen molar-refractivity contribution in [3.63, 3.8) is 0 Å². The molecular weight excluding hydrogens is 332 g/mol. The van der Waals surface area contributed by atoms with Crippen LogP contribution in [0, 0.1) is 0 Å². The summed E-state index contributed by atoms with van der Waals surface area (Å²) in [5.74, 6) is 1.52. The standard InChI is InChI=1S/C20H19ClN4/c1-14-12-15-6-3-5-9-18(15)25(14)20-22-11-10-19(24-20)23-13-16-7-2-4-8-17(16)21/h2-11,14H,12-13H2,1H3,(H,22,23,24). The maximum atomic E-state index is 6.22. The summed E-state index contributed by atoms with van der Waals surface area (Å²) in [6.45, 7) is 2.83. The van der Waals surface area contributed by atoms with E-state index in [2.05, 4.69) is 46.4 Å². The third kappa shape index (κ3) is 3.17. The molecule has 3 aromatic rings. The maximum absolute atomic E-state index is 6.22. The number of nitrogens with zero attached hydrogens (tertiary/aromatic N) is 3. The fourth-order valence-electron chi connectivity index (χ4n) is 3.26. The van der Waals surface area contributed by atoms with Crippen LogP contribution in [0.1, 0.15) is 18.1 Å². The molecule has 0 bridgehead atoms. The Morgan fingerprint density at radius 3 is 2.80 bits per heavy atom. The van der Waals surface area contributed by atoms with Crippen molar-refractivity contribution in [1.82, 2.24) is 9.97 Å². The van der Waals surface area contributed by atoms with Gasteiger partial charge in [-0.25, -0.2) is 4.98 Å². The molecule has 2 heterocycles. The van der Waals surface area contributed by atoms with Gasteiger partial charge in [-0.15, -0.1) is 0 Å². The lowest BCUT2D eigenvalue weighted by Gasteiger charge is -2.23. The van der Waals surface area contributed by atoms with Crippen LogP contribution in [0.5, 0.6) is 0 Å². The van der Waals surface area contributed by atoms with Gasteiger partial charge < -0.3 is 10.2 Å². The molecule has 126 valence electrons. The molecule has 0 radical (unpaired) electrons. The SMILES string of the molecule is CC1Cc2ccccc2N1c1nccc(NCc2ccccc2Cl)n1. The Hall–Kier alpha value is -2.59. The van der Waals surface area contributed by atoms with Gasteiger partial charge in [0.25, 0.3) is 0 Å². The molecule has 1 N–H and O–H groups in total. The van der Waals surface area contributed by atoms with Crippen molar-refractivity contribution in [2.45, 2.75) is 25.9 Å². The molecule has 0 saturated carbocycles. The Balaban J connectivity index is 1.57. The zero-order valence-corrected chi connectivity index (χ0v) is 14.7. The fraction of sp³-hybridized carbons (Fsp3) is 0.200. The second-order valence-electron chi connectivity index (χ2n) is 6.24. The average Bonchev–Trinajstić information content (AvgIpc) is 2.97. The number of halogens is 1. The third-order valence-electron chi connectivity index (χ3n) is 4.48. The topological polar surface area (TPSA) is 41.1 Å². The lowest BCUT2D eigenvalue weighted by atomic mass is 10.1. The smallest absolute Gasteiger partial charge is 0.232 e. The van der Waals surface area contributed by atoms with E-state index in [0.717, 1.165) is 28.8 Å². The number of hydrogen-bond donors (Lipinski definition) is 1. The first-order valence-corrected chi connectivity index (χ1v) is 8.77. The molecule has 1 aliphatic heterocycles. The minimum Gasteiger partial charge on any atom is -0.366 e. The van der Waals surface area contributed by atoms with E-state index in [0.29, 0.717) is 12.6 Å². The highest BCUT2D eigenvalue weighted by Crippen LogP contribution is 2.36. The third-order valence-corrected chi connectivity index (χ3v) is 4.85. The Labute approximate surface area is 152 Å². The van der Waals surface area contributed by atoms with Crippen LogP contribution in [0.3, 0.4) is 0 Å². The van der Waals surface area contributed by atoms with E-state index in [4.69, 9.17) is 16.6 Å². The Bertz CT molecular complexity index is 896. The minimum absolute atomic E-state index is 0.344. The van der Waals surface area contributed by atoms with Crippen LogP contribution in [0.25, 0.3) is 0 Å². The molecule has 5 heteroatoms. The summed E-state index contributed by atoms with van der Waals surface area (Å²) in [7, 11) is 0. The summed E-state index contributed by atoms with van der Waals surface area (Å²) >= 11 is 6.22. The normalized spacial score (nSPS) is 15.9. The molecule has 0 amide bonds. The Kier molecular flexibility index (Phi) is 4.28. The largest absolute Gasteiger partial charge is 0.366 e. The van der Waals surface area contributed by atoms with Gasteiger partial charge >= 0.3 is 0 Å². The first-order valence-electron chi connectivity index (χ1n) is 8.40. The summed E-state index contributed by atoms with van der Waals surface area (Å²) in [5.41, 5.74) is 3.58. The number of para-hydroxylation sites is 1. The van der Waals surface area contributed by atoms with Crippen LogP contribution in [-0.2, 0) is 13.0 Å². The molecule has 25 heavy (non-hydrogen) atoms. The highest BCUT2D eigenvalue weighted by atomic mass is 35.5. The summed E-state index contributed by atoms with van der Waals surface area (Å²) in [4.78, 5) is 11.4. The highest BCUT2D eigenvalue weighted by molar-refractivity contribution is 6.31. The predicted molar refractivity (Wildman–Crippen MR) is 103 cm³/mol. The molecule has 4 nitrogen and oxygen atoms in total. The van der Waals surface area contributed by atoms with Crippen molar-refractivity contribution >= 4 is 29.1 Å². The highest BCUT2D eigenvalue weighted by Gasteiger charge is 2.28. The van der Waals surface area contributed by atoms with Gasteiger partial charge in [-0.05, 0) is 42.7 Å².